The van der Waals surface area contributed by atoms with Gasteiger partial charge in [0.1, 0.15) is 28.2 Å². The van der Waals surface area contributed by atoms with Crippen LogP contribution in [0, 0.1) is 0 Å². The van der Waals surface area contributed by atoms with E-state index < -0.39 is 0 Å². The average Bonchev–Trinajstić information content (AvgIpc) is 3.06. The number of rotatable bonds is 14. The number of hydrogen-bond acceptors (Lipinski definition) is 9. The molecule has 0 amide bonds. The van der Waals surface area contributed by atoms with Crippen LogP contribution in [0.5, 0.6) is 11.5 Å². The molecule has 0 fully saturated rings. The lowest BCUT2D eigenvalue weighted by atomic mass is 10.1. The summed E-state index contributed by atoms with van der Waals surface area (Å²) >= 11 is 0. The van der Waals surface area contributed by atoms with Gasteiger partial charge in [-0.3, -0.25) is 4.79 Å². The third-order valence-electron chi connectivity index (χ3n) is 7.68. The Morgan fingerprint density at radius 1 is 0.844 bits per heavy atom. The van der Waals surface area contributed by atoms with Gasteiger partial charge >= 0.3 is 0 Å². The normalized spacial score (nSPS) is 11.8. The van der Waals surface area contributed by atoms with Gasteiger partial charge in [0.05, 0.1) is 33.6 Å². The molecule has 10 heteroatoms. The minimum atomic E-state index is -0.270. The Morgan fingerprint density at radius 2 is 1.40 bits per heavy atom. The van der Waals surface area contributed by atoms with Crippen LogP contribution in [0.2, 0.25) is 0 Å². The molecule has 0 aliphatic heterocycles. The molecule has 2 aromatic heterocycles. The van der Waals surface area contributed by atoms with Crippen LogP contribution in [0.4, 0.5) is 11.8 Å². The highest BCUT2D eigenvalue weighted by Gasteiger charge is 2.20. The van der Waals surface area contributed by atoms with Crippen molar-refractivity contribution in [2.24, 2.45) is 0 Å². The molecule has 5 aromatic rings. The zero-order chi connectivity index (χ0) is 31.8. The number of anilines is 2. The zero-order valence-electron chi connectivity index (χ0n) is 26.2. The molecule has 0 spiro atoms. The quantitative estimate of drug-likeness (QED) is 0.167. The van der Waals surface area contributed by atoms with E-state index in [2.05, 4.69) is 29.2 Å². The fourth-order valence-corrected chi connectivity index (χ4v) is 5.20. The van der Waals surface area contributed by atoms with E-state index in [0.717, 1.165) is 46.6 Å². The molecule has 0 saturated carbocycles. The van der Waals surface area contributed by atoms with Crippen molar-refractivity contribution in [2.75, 3.05) is 24.4 Å². The first-order valence-electron chi connectivity index (χ1n) is 15.1. The molecule has 234 valence electrons. The van der Waals surface area contributed by atoms with Crippen molar-refractivity contribution < 1.29 is 14.6 Å². The van der Waals surface area contributed by atoms with Crippen LogP contribution in [-0.2, 0) is 26.2 Å². The fourth-order valence-electron chi connectivity index (χ4n) is 5.20. The van der Waals surface area contributed by atoms with Gasteiger partial charge in [0.2, 0.25) is 5.95 Å². The number of nitrogens with zero attached hydrogens (tertiary/aromatic N) is 5. The Hall–Kier alpha value is -4.96. The lowest BCUT2D eigenvalue weighted by Crippen LogP contribution is -2.29. The minimum absolute atomic E-state index is 0.0347. The number of hydrogen-bond donors (Lipinski definition) is 2. The Bertz CT molecular complexity index is 1710. The highest BCUT2D eigenvalue weighted by Crippen LogP contribution is 2.26. The van der Waals surface area contributed by atoms with E-state index in [1.165, 1.54) is 4.68 Å². The molecule has 10 nitrogen and oxygen atoms in total. The molecule has 5 rings (SSSR count). The number of aliphatic hydroxyl groups excluding tert-OH is 1. The van der Waals surface area contributed by atoms with Crippen LogP contribution in [0.1, 0.15) is 48.9 Å². The summed E-state index contributed by atoms with van der Waals surface area (Å²) in [5, 5.41) is 17.8. The summed E-state index contributed by atoms with van der Waals surface area (Å²) in [6, 6.07) is 23.4. The molecule has 0 aliphatic carbocycles. The first-order valence-corrected chi connectivity index (χ1v) is 15.1. The van der Waals surface area contributed by atoms with E-state index in [4.69, 9.17) is 19.4 Å². The van der Waals surface area contributed by atoms with Gasteiger partial charge in [-0.15, -0.1) is 0 Å². The van der Waals surface area contributed by atoms with Crippen LogP contribution in [-0.4, -0.2) is 45.1 Å². The van der Waals surface area contributed by atoms with Crippen LogP contribution < -0.4 is 25.2 Å². The van der Waals surface area contributed by atoms with E-state index in [1.54, 1.807) is 20.4 Å². The minimum Gasteiger partial charge on any atom is -0.497 e. The van der Waals surface area contributed by atoms with Crippen molar-refractivity contribution in [2.45, 2.75) is 59.0 Å². The van der Waals surface area contributed by atoms with Crippen molar-refractivity contribution in [3.8, 4) is 11.5 Å². The lowest BCUT2D eigenvalue weighted by Gasteiger charge is -2.25. The topological polar surface area (TPSA) is 115 Å². The molecule has 0 aliphatic rings. The zero-order valence-corrected chi connectivity index (χ0v) is 26.2. The number of benzene rings is 3. The van der Waals surface area contributed by atoms with E-state index in [-0.39, 0.29) is 24.8 Å². The monoisotopic (exact) mass is 608 g/mol. The summed E-state index contributed by atoms with van der Waals surface area (Å²) in [5.41, 5.74) is 4.03. The molecule has 1 atom stereocenters. The van der Waals surface area contributed by atoms with Gasteiger partial charge in [-0.05, 0) is 59.9 Å². The molecule has 0 radical (unpaired) electrons. The molecule has 3 aromatic carbocycles. The fraction of sp³-hybridized carbons (Fsp3) is 0.314. The Balaban J connectivity index is 1.58. The molecule has 2 heterocycles. The van der Waals surface area contributed by atoms with Crippen molar-refractivity contribution in [1.82, 2.24) is 19.7 Å². The average molecular weight is 609 g/mol. The van der Waals surface area contributed by atoms with E-state index in [9.17, 15) is 9.90 Å². The standard InChI is InChI=1S/C35H40N6O4/c1-5-6-24(2)37-33-32-31(19-36-41(34(32)43)22-27-7-9-28(23-42)10-8-27)38-35(39-33)40(20-25-11-15-29(44-3)16-12-25)21-26-13-17-30(45-4)18-14-26/h7-19,24,42H,5-6,20-23H2,1-4H3,(H,37,38,39). The summed E-state index contributed by atoms with van der Waals surface area (Å²) in [6.45, 7) is 5.53. The predicted octanol–water partition coefficient (Wildman–Crippen LogP) is 5.55. The van der Waals surface area contributed by atoms with Crippen molar-refractivity contribution in [1.29, 1.82) is 0 Å². The van der Waals surface area contributed by atoms with Crippen LogP contribution >= 0.6 is 0 Å². The van der Waals surface area contributed by atoms with Crippen molar-refractivity contribution in [3.05, 3.63) is 112 Å². The third-order valence-corrected chi connectivity index (χ3v) is 7.68. The molecular weight excluding hydrogens is 568 g/mol. The van der Waals surface area contributed by atoms with Crippen molar-refractivity contribution >= 4 is 22.7 Å². The number of fused-ring (bicyclic) bond motifs is 1. The first kappa shape index (κ1) is 31.5. The maximum Gasteiger partial charge on any atom is 0.280 e. The number of aromatic nitrogens is 4. The molecule has 0 saturated heterocycles. The summed E-state index contributed by atoms with van der Waals surface area (Å²) < 4.78 is 12.1. The van der Waals surface area contributed by atoms with Gasteiger partial charge in [0.25, 0.3) is 5.56 Å². The largest absolute Gasteiger partial charge is 0.497 e. The van der Waals surface area contributed by atoms with Crippen LogP contribution in [0.25, 0.3) is 10.9 Å². The lowest BCUT2D eigenvalue weighted by molar-refractivity contribution is 0.282. The van der Waals surface area contributed by atoms with Crippen molar-refractivity contribution in [3.63, 3.8) is 0 Å². The molecule has 0 bridgehead atoms. The van der Waals surface area contributed by atoms with E-state index >= 15 is 0 Å². The summed E-state index contributed by atoms with van der Waals surface area (Å²) in [7, 11) is 3.30. The van der Waals surface area contributed by atoms with Gasteiger partial charge < -0.3 is 24.8 Å². The van der Waals surface area contributed by atoms with Gasteiger partial charge in [0.15, 0.2) is 0 Å². The summed E-state index contributed by atoms with van der Waals surface area (Å²) in [4.78, 5) is 25.9. The number of nitrogens with one attached hydrogen (secondary N) is 1. The first-order chi connectivity index (χ1) is 21.9. The number of ether oxygens (including phenoxy) is 2. The highest BCUT2D eigenvalue weighted by atomic mass is 16.5. The number of aliphatic hydroxyl groups is 1. The van der Waals surface area contributed by atoms with Crippen LogP contribution in [0.3, 0.4) is 0 Å². The van der Waals surface area contributed by atoms with Crippen LogP contribution in [0.15, 0.2) is 83.8 Å². The molecular formula is C35H40N6O4. The second-order valence-electron chi connectivity index (χ2n) is 11.1. The Morgan fingerprint density at radius 3 is 1.93 bits per heavy atom. The maximum absolute atomic E-state index is 13.9. The molecule has 2 N–H and O–H groups in total. The van der Waals surface area contributed by atoms with E-state index in [1.807, 2.05) is 72.8 Å². The maximum atomic E-state index is 13.9. The molecule has 45 heavy (non-hydrogen) atoms. The SMILES string of the molecule is CCCC(C)Nc1nc(N(Cc2ccc(OC)cc2)Cc2ccc(OC)cc2)nc2cnn(Cc3ccc(CO)cc3)c(=O)c12. The highest BCUT2D eigenvalue weighted by molar-refractivity contribution is 5.88. The van der Waals surface area contributed by atoms with E-state index in [0.29, 0.717) is 35.8 Å². The second-order valence-corrected chi connectivity index (χ2v) is 11.1. The van der Waals surface area contributed by atoms with Gasteiger partial charge in [-0.1, -0.05) is 61.9 Å². The summed E-state index contributed by atoms with van der Waals surface area (Å²) in [6.07, 6.45) is 3.54. The third kappa shape index (κ3) is 7.77. The molecule has 1 unspecified atom stereocenters. The second kappa shape index (κ2) is 14.7. The van der Waals surface area contributed by atoms with Gasteiger partial charge in [-0.2, -0.15) is 10.1 Å². The predicted molar refractivity (Wildman–Crippen MR) is 177 cm³/mol. The summed E-state index contributed by atoms with van der Waals surface area (Å²) in [5.74, 6) is 2.54. The Labute approximate surface area is 263 Å². The van der Waals surface area contributed by atoms with Gasteiger partial charge in [0, 0.05) is 19.1 Å². The number of methoxy groups -OCH3 is 2. The van der Waals surface area contributed by atoms with Gasteiger partial charge in [-0.25, -0.2) is 9.67 Å². The smallest absolute Gasteiger partial charge is 0.280 e. The Kier molecular flexibility index (Phi) is 10.3.